The fraction of sp³-hybridized carbons (Fsp3) is 0.238. The van der Waals surface area contributed by atoms with Gasteiger partial charge in [0.2, 0.25) is 17.9 Å². The van der Waals surface area contributed by atoms with Crippen LogP contribution in [0.1, 0.15) is 25.6 Å². The molecule has 0 unspecified atom stereocenters. The number of hydrogen-bond donors (Lipinski definition) is 1. The van der Waals surface area contributed by atoms with Crippen molar-refractivity contribution in [1.29, 1.82) is 0 Å². The lowest BCUT2D eigenvalue weighted by Gasteiger charge is -2.31. The maximum absolute atomic E-state index is 13.1. The topological polar surface area (TPSA) is 88.4 Å². The maximum atomic E-state index is 13.1. The number of anilines is 1. The van der Waals surface area contributed by atoms with E-state index in [9.17, 15) is 9.59 Å². The normalized spacial score (nSPS) is 16.2. The Morgan fingerprint density at radius 2 is 2.07 bits per heavy atom. The Morgan fingerprint density at radius 3 is 2.87 bits per heavy atom. The second-order valence-electron chi connectivity index (χ2n) is 6.88. The van der Waals surface area contributed by atoms with E-state index in [1.807, 2.05) is 49.4 Å². The smallest absolute Gasteiger partial charge is 0.325 e. The SMILES string of the molecule is CCSc1n[n+]2c(c(=O)[nH]1)-c1ccccc1N(C(C)=O)[C@H]2c1ccc2c(c1)OCO2. The first-order chi connectivity index (χ1) is 14.6. The molecule has 0 spiro atoms. The lowest BCUT2D eigenvalue weighted by Crippen LogP contribution is -2.60. The van der Waals surface area contributed by atoms with Gasteiger partial charge in [0, 0.05) is 17.6 Å². The van der Waals surface area contributed by atoms with Crippen LogP contribution < -0.4 is 24.6 Å². The highest BCUT2D eigenvalue weighted by atomic mass is 32.2. The highest BCUT2D eigenvalue weighted by Crippen LogP contribution is 2.40. The number of ether oxygens (including phenoxy) is 2. The van der Waals surface area contributed by atoms with E-state index in [2.05, 4.69) is 4.98 Å². The molecule has 0 saturated carbocycles. The van der Waals surface area contributed by atoms with E-state index in [0.29, 0.717) is 33.6 Å². The molecule has 3 heterocycles. The van der Waals surface area contributed by atoms with E-state index in [1.165, 1.54) is 18.7 Å². The minimum atomic E-state index is -0.639. The number of hydrogen-bond acceptors (Lipinski definition) is 6. The van der Waals surface area contributed by atoms with E-state index in [-0.39, 0.29) is 18.3 Å². The van der Waals surface area contributed by atoms with E-state index in [0.717, 1.165) is 11.3 Å². The monoisotopic (exact) mass is 423 g/mol. The number of aromatic nitrogens is 3. The third-order valence-corrected chi connectivity index (χ3v) is 5.82. The van der Waals surface area contributed by atoms with Gasteiger partial charge in [-0.3, -0.25) is 14.6 Å². The Kier molecular flexibility index (Phi) is 4.47. The number of thioether (sulfide) groups is 1. The zero-order valence-electron chi connectivity index (χ0n) is 16.4. The third-order valence-electron chi connectivity index (χ3n) is 5.07. The van der Waals surface area contributed by atoms with Crippen LogP contribution in [0.3, 0.4) is 0 Å². The van der Waals surface area contributed by atoms with E-state index >= 15 is 0 Å². The summed E-state index contributed by atoms with van der Waals surface area (Å²) in [5.41, 5.74) is 2.25. The molecule has 9 heteroatoms. The van der Waals surface area contributed by atoms with Gasteiger partial charge in [-0.25, -0.2) is 4.90 Å². The predicted octanol–water partition coefficient (Wildman–Crippen LogP) is 2.48. The summed E-state index contributed by atoms with van der Waals surface area (Å²) < 4.78 is 12.6. The number of carbonyl (C=O) groups excluding carboxylic acids is 1. The van der Waals surface area contributed by atoms with Gasteiger partial charge in [-0.05, 0) is 40.8 Å². The third kappa shape index (κ3) is 2.85. The van der Waals surface area contributed by atoms with E-state index in [1.54, 1.807) is 9.58 Å². The number of aromatic amines is 1. The first kappa shape index (κ1) is 18.7. The number of carbonyl (C=O) groups is 1. The molecule has 30 heavy (non-hydrogen) atoms. The molecule has 0 radical (unpaired) electrons. The van der Waals surface area contributed by atoms with Gasteiger partial charge in [0.15, 0.2) is 11.5 Å². The Balaban J connectivity index is 1.81. The molecule has 5 rings (SSSR count). The fourth-order valence-corrected chi connectivity index (χ4v) is 4.47. The first-order valence-electron chi connectivity index (χ1n) is 9.56. The van der Waals surface area contributed by atoms with Gasteiger partial charge in [-0.2, -0.15) is 0 Å². The molecule has 2 aliphatic heterocycles. The molecule has 3 aromatic rings. The van der Waals surface area contributed by atoms with Crippen molar-refractivity contribution in [1.82, 2.24) is 10.1 Å². The van der Waals surface area contributed by atoms with Crippen LogP contribution in [0.25, 0.3) is 11.3 Å². The quantitative estimate of drug-likeness (QED) is 0.514. The summed E-state index contributed by atoms with van der Waals surface area (Å²) in [6.45, 7) is 3.65. The Hall–Kier alpha value is -3.33. The molecule has 0 aliphatic carbocycles. The van der Waals surface area contributed by atoms with Crippen LogP contribution in [0.4, 0.5) is 5.69 Å². The van der Waals surface area contributed by atoms with Crippen LogP contribution in [0, 0.1) is 0 Å². The van der Waals surface area contributed by atoms with Crippen molar-refractivity contribution in [2.45, 2.75) is 25.2 Å². The Morgan fingerprint density at radius 1 is 1.27 bits per heavy atom. The summed E-state index contributed by atoms with van der Waals surface area (Å²) in [6.07, 6.45) is -0.639. The second kappa shape index (κ2) is 7.17. The molecular formula is C21H19N4O4S+. The molecular weight excluding hydrogens is 404 g/mol. The minimum Gasteiger partial charge on any atom is -0.454 e. The number of H-pyrrole nitrogens is 1. The van der Waals surface area contributed by atoms with E-state index in [4.69, 9.17) is 14.6 Å². The van der Waals surface area contributed by atoms with Crippen LogP contribution >= 0.6 is 11.8 Å². The summed E-state index contributed by atoms with van der Waals surface area (Å²) in [5.74, 6) is 1.85. The molecule has 0 saturated heterocycles. The largest absolute Gasteiger partial charge is 0.454 e. The fourth-order valence-electron chi connectivity index (χ4n) is 3.89. The van der Waals surface area contributed by atoms with Gasteiger partial charge in [-0.1, -0.05) is 30.8 Å². The summed E-state index contributed by atoms with van der Waals surface area (Å²) >= 11 is 1.43. The molecule has 2 aromatic carbocycles. The zero-order chi connectivity index (χ0) is 20.8. The summed E-state index contributed by atoms with van der Waals surface area (Å²) in [6, 6.07) is 12.9. The molecule has 8 nitrogen and oxygen atoms in total. The molecule has 2 aliphatic rings. The number of benzene rings is 2. The standard InChI is InChI=1S/C21H18N4O4S/c1-3-30-21-22-19(27)18-14-6-4-5-7-15(14)24(12(2)26)20(25(18)23-21)13-8-9-16-17(10-13)29-11-28-16/h4-10,20H,3,11H2,1-2H3/p+1/t20-/m1/s1. The van der Waals surface area contributed by atoms with Gasteiger partial charge in [0.05, 0.1) is 11.3 Å². The summed E-state index contributed by atoms with van der Waals surface area (Å²) in [5, 5.41) is 5.20. The number of para-hydroxylation sites is 1. The van der Waals surface area contributed by atoms with Gasteiger partial charge in [0.1, 0.15) is 0 Å². The van der Waals surface area contributed by atoms with Crippen molar-refractivity contribution < 1.29 is 19.0 Å². The molecule has 0 fully saturated rings. The summed E-state index contributed by atoms with van der Waals surface area (Å²) in [7, 11) is 0. The highest BCUT2D eigenvalue weighted by Gasteiger charge is 2.45. The van der Waals surface area contributed by atoms with Crippen molar-refractivity contribution in [3.8, 4) is 22.8 Å². The van der Waals surface area contributed by atoms with Crippen LogP contribution in [0.5, 0.6) is 11.5 Å². The Labute approximate surface area is 176 Å². The summed E-state index contributed by atoms with van der Waals surface area (Å²) in [4.78, 5) is 30.4. The molecule has 1 atom stereocenters. The lowest BCUT2D eigenvalue weighted by atomic mass is 10.0. The minimum absolute atomic E-state index is 0.154. The van der Waals surface area contributed by atoms with Crippen LogP contribution in [-0.2, 0) is 4.79 Å². The van der Waals surface area contributed by atoms with Gasteiger partial charge >= 0.3 is 11.3 Å². The Bertz CT molecular complexity index is 1230. The number of rotatable bonds is 3. The van der Waals surface area contributed by atoms with Crippen molar-refractivity contribution in [2.75, 3.05) is 17.4 Å². The average molecular weight is 423 g/mol. The number of amides is 1. The predicted molar refractivity (Wildman–Crippen MR) is 111 cm³/mol. The van der Waals surface area contributed by atoms with Gasteiger partial charge < -0.3 is 9.47 Å². The highest BCUT2D eigenvalue weighted by molar-refractivity contribution is 7.99. The van der Waals surface area contributed by atoms with E-state index < -0.39 is 6.17 Å². The zero-order valence-corrected chi connectivity index (χ0v) is 17.2. The number of fused-ring (bicyclic) bond motifs is 4. The number of nitrogens with one attached hydrogen (secondary N) is 1. The average Bonchev–Trinajstić information content (AvgIpc) is 3.20. The molecule has 1 amide bonds. The van der Waals surface area contributed by atoms with Crippen LogP contribution in [-0.4, -0.2) is 28.5 Å². The van der Waals surface area contributed by atoms with Crippen molar-refractivity contribution in [3.05, 3.63) is 58.4 Å². The number of nitrogens with zero attached hydrogens (tertiary/aromatic N) is 3. The molecule has 152 valence electrons. The maximum Gasteiger partial charge on any atom is 0.325 e. The van der Waals surface area contributed by atoms with Crippen molar-refractivity contribution in [3.63, 3.8) is 0 Å². The lowest BCUT2D eigenvalue weighted by molar-refractivity contribution is -0.763. The molecule has 1 N–H and O–H groups in total. The van der Waals surface area contributed by atoms with Gasteiger partial charge in [0.25, 0.3) is 6.17 Å². The van der Waals surface area contributed by atoms with Crippen molar-refractivity contribution >= 4 is 23.4 Å². The molecule has 1 aromatic heterocycles. The first-order valence-corrected chi connectivity index (χ1v) is 10.5. The van der Waals surface area contributed by atoms with Gasteiger partial charge in [-0.15, -0.1) is 0 Å². The molecule has 0 bridgehead atoms. The van der Waals surface area contributed by atoms with Crippen LogP contribution in [0.15, 0.2) is 52.4 Å². The van der Waals surface area contributed by atoms with Crippen molar-refractivity contribution in [2.24, 2.45) is 0 Å². The van der Waals surface area contributed by atoms with Crippen LogP contribution in [0.2, 0.25) is 0 Å². The second-order valence-corrected chi connectivity index (χ2v) is 8.13.